The second-order valence-electron chi connectivity index (χ2n) is 3.87. The molecule has 1 unspecified atom stereocenters. The van der Waals surface area contributed by atoms with Gasteiger partial charge in [-0.1, -0.05) is 0 Å². The third kappa shape index (κ3) is 2.16. The van der Waals surface area contributed by atoms with E-state index in [0.717, 1.165) is 23.3 Å². The van der Waals surface area contributed by atoms with Crippen molar-refractivity contribution in [3.05, 3.63) is 21.9 Å². The summed E-state index contributed by atoms with van der Waals surface area (Å²) in [4.78, 5) is 24.5. The molecule has 0 saturated carbocycles. The molecular weight excluding hydrogens is 224 g/mol. The molecule has 0 N–H and O–H groups in total. The summed E-state index contributed by atoms with van der Waals surface area (Å²) in [6.07, 6.45) is 1.90. The van der Waals surface area contributed by atoms with Crippen molar-refractivity contribution < 1.29 is 14.3 Å². The fourth-order valence-corrected chi connectivity index (χ4v) is 2.93. The van der Waals surface area contributed by atoms with Gasteiger partial charge in [-0.2, -0.15) is 0 Å². The quantitative estimate of drug-likeness (QED) is 0.760. The summed E-state index contributed by atoms with van der Waals surface area (Å²) < 4.78 is 4.87. The van der Waals surface area contributed by atoms with Crippen LogP contribution in [0.4, 0.5) is 0 Å². The number of aryl methyl sites for hydroxylation is 1. The number of carbonyl (C=O) groups is 2. The second kappa shape index (κ2) is 4.78. The van der Waals surface area contributed by atoms with E-state index in [-0.39, 0.29) is 24.1 Å². The highest BCUT2D eigenvalue weighted by molar-refractivity contribution is 7.10. The molecule has 0 spiro atoms. The molecule has 0 amide bonds. The molecule has 0 bridgehead atoms. The Bertz CT molecular complexity index is 408. The highest BCUT2D eigenvalue weighted by Gasteiger charge is 2.30. The van der Waals surface area contributed by atoms with E-state index in [1.165, 1.54) is 0 Å². The average molecular weight is 238 g/mol. The summed E-state index contributed by atoms with van der Waals surface area (Å²) in [6.45, 7) is 2.15. The molecular formula is C12H14O3S. The van der Waals surface area contributed by atoms with E-state index < -0.39 is 0 Å². The van der Waals surface area contributed by atoms with E-state index in [1.807, 2.05) is 11.4 Å². The normalized spacial score (nSPS) is 19.3. The monoisotopic (exact) mass is 238 g/mol. The Morgan fingerprint density at radius 2 is 2.44 bits per heavy atom. The summed E-state index contributed by atoms with van der Waals surface area (Å²) in [5.41, 5.74) is 0.811. The first-order chi connectivity index (χ1) is 7.72. The molecule has 1 aliphatic rings. The summed E-state index contributed by atoms with van der Waals surface area (Å²) in [5.74, 6) is -0.337. The molecule has 86 valence electrons. The van der Waals surface area contributed by atoms with Crippen LogP contribution in [0.1, 0.15) is 35.0 Å². The molecule has 1 atom stereocenters. The standard InChI is InChI=1S/C12H14O3S/c1-2-15-11(13)7-8-3-4-10-9(12(8)14)5-6-16-10/h5-6,8H,2-4,7H2,1H3. The number of thiophene rings is 1. The maximum absolute atomic E-state index is 12.0. The lowest BCUT2D eigenvalue weighted by atomic mass is 9.85. The van der Waals surface area contributed by atoms with E-state index in [1.54, 1.807) is 18.3 Å². The van der Waals surface area contributed by atoms with Crippen molar-refractivity contribution in [2.24, 2.45) is 5.92 Å². The summed E-state index contributed by atoms with van der Waals surface area (Å²) >= 11 is 1.62. The van der Waals surface area contributed by atoms with Gasteiger partial charge in [-0.15, -0.1) is 11.3 Å². The molecule has 1 aliphatic carbocycles. The van der Waals surface area contributed by atoms with Crippen LogP contribution in [0, 0.1) is 5.92 Å². The van der Waals surface area contributed by atoms with E-state index >= 15 is 0 Å². The molecule has 1 aromatic rings. The molecule has 0 fully saturated rings. The van der Waals surface area contributed by atoms with Gasteiger partial charge >= 0.3 is 5.97 Å². The fraction of sp³-hybridized carbons (Fsp3) is 0.500. The predicted octanol–water partition coefficient (Wildman–Crippen LogP) is 2.45. The minimum Gasteiger partial charge on any atom is -0.466 e. The Hall–Kier alpha value is -1.16. The van der Waals surface area contributed by atoms with Gasteiger partial charge in [0.05, 0.1) is 13.0 Å². The van der Waals surface area contributed by atoms with E-state index in [0.29, 0.717) is 6.61 Å². The Labute approximate surface area is 98.4 Å². The minimum absolute atomic E-state index is 0.107. The first-order valence-electron chi connectivity index (χ1n) is 5.48. The van der Waals surface area contributed by atoms with Crippen LogP contribution in [0.3, 0.4) is 0 Å². The van der Waals surface area contributed by atoms with E-state index in [9.17, 15) is 9.59 Å². The molecule has 0 aromatic carbocycles. The maximum Gasteiger partial charge on any atom is 0.306 e. The van der Waals surface area contributed by atoms with Crippen molar-refractivity contribution in [3.8, 4) is 0 Å². The Kier molecular flexibility index (Phi) is 3.39. The molecule has 3 nitrogen and oxygen atoms in total. The number of fused-ring (bicyclic) bond motifs is 1. The number of Topliss-reactive ketones (excluding diaryl/α,β-unsaturated/α-hetero) is 1. The number of esters is 1. The van der Waals surface area contributed by atoms with Crippen molar-refractivity contribution in [3.63, 3.8) is 0 Å². The molecule has 2 rings (SSSR count). The van der Waals surface area contributed by atoms with Gasteiger partial charge in [-0.05, 0) is 31.2 Å². The Morgan fingerprint density at radius 1 is 1.62 bits per heavy atom. The zero-order valence-corrected chi connectivity index (χ0v) is 10.0. The van der Waals surface area contributed by atoms with E-state index in [4.69, 9.17) is 4.74 Å². The van der Waals surface area contributed by atoms with Gasteiger partial charge < -0.3 is 4.74 Å². The molecule has 1 heterocycles. The Morgan fingerprint density at radius 3 is 3.19 bits per heavy atom. The number of rotatable bonds is 3. The molecule has 1 aromatic heterocycles. The molecule has 0 saturated heterocycles. The number of hydrogen-bond acceptors (Lipinski definition) is 4. The van der Waals surface area contributed by atoms with Gasteiger partial charge in [-0.3, -0.25) is 9.59 Å². The van der Waals surface area contributed by atoms with Gasteiger partial charge in [-0.25, -0.2) is 0 Å². The molecule has 16 heavy (non-hydrogen) atoms. The number of ketones is 1. The van der Waals surface area contributed by atoms with Gasteiger partial charge in [0, 0.05) is 16.4 Å². The van der Waals surface area contributed by atoms with Crippen LogP contribution < -0.4 is 0 Å². The lowest BCUT2D eigenvalue weighted by Crippen LogP contribution is -2.24. The second-order valence-corrected chi connectivity index (χ2v) is 4.87. The summed E-state index contributed by atoms with van der Waals surface area (Å²) in [7, 11) is 0. The third-order valence-electron chi connectivity index (χ3n) is 2.82. The van der Waals surface area contributed by atoms with Crippen molar-refractivity contribution >= 4 is 23.1 Å². The molecule has 0 aliphatic heterocycles. The Balaban J connectivity index is 2.04. The van der Waals surface area contributed by atoms with E-state index in [2.05, 4.69) is 0 Å². The predicted molar refractivity (Wildman–Crippen MR) is 61.7 cm³/mol. The minimum atomic E-state index is -0.264. The van der Waals surface area contributed by atoms with Crippen molar-refractivity contribution in [2.75, 3.05) is 6.61 Å². The molecule has 4 heteroatoms. The van der Waals surface area contributed by atoms with Crippen LogP contribution >= 0.6 is 11.3 Å². The maximum atomic E-state index is 12.0. The van der Waals surface area contributed by atoms with Gasteiger partial charge in [0.25, 0.3) is 0 Å². The van der Waals surface area contributed by atoms with Gasteiger partial charge in [0.1, 0.15) is 0 Å². The van der Waals surface area contributed by atoms with Crippen molar-refractivity contribution in [1.29, 1.82) is 0 Å². The third-order valence-corrected chi connectivity index (χ3v) is 3.80. The largest absolute Gasteiger partial charge is 0.466 e. The van der Waals surface area contributed by atoms with Crippen molar-refractivity contribution in [2.45, 2.75) is 26.2 Å². The van der Waals surface area contributed by atoms with Crippen LogP contribution in [0.25, 0.3) is 0 Å². The highest BCUT2D eigenvalue weighted by atomic mass is 32.1. The van der Waals surface area contributed by atoms with Gasteiger partial charge in [0.2, 0.25) is 0 Å². The van der Waals surface area contributed by atoms with Gasteiger partial charge in [0.15, 0.2) is 5.78 Å². The zero-order valence-electron chi connectivity index (χ0n) is 9.19. The van der Waals surface area contributed by atoms with Crippen LogP contribution in [0.2, 0.25) is 0 Å². The fourth-order valence-electron chi connectivity index (χ4n) is 2.03. The summed E-state index contributed by atoms with van der Waals surface area (Å²) in [6, 6.07) is 1.86. The van der Waals surface area contributed by atoms with Crippen molar-refractivity contribution in [1.82, 2.24) is 0 Å². The average Bonchev–Trinajstić information content (AvgIpc) is 2.71. The number of ether oxygens (including phenoxy) is 1. The smallest absolute Gasteiger partial charge is 0.306 e. The zero-order chi connectivity index (χ0) is 11.5. The first-order valence-corrected chi connectivity index (χ1v) is 6.36. The van der Waals surface area contributed by atoms with Crippen LogP contribution in [-0.2, 0) is 16.0 Å². The highest BCUT2D eigenvalue weighted by Crippen LogP contribution is 2.31. The first kappa shape index (κ1) is 11.3. The van der Waals surface area contributed by atoms with Crippen LogP contribution in [-0.4, -0.2) is 18.4 Å². The SMILES string of the molecule is CCOC(=O)CC1CCc2sccc2C1=O. The number of hydrogen-bond donors (Lipinski definition) is 0. The topological polar surface area (TPSA) is 43.4 Å². The summed E-state index contributed by atoms with van der Waals surface area (Å²) in [5, 5.41) is 1.94. The molecule has 0 radical (unpaired) electrons. The number of carbonyl (C=O) groups excluding carboxylic acids is 2. The lowest BCUT2D eigenvalue weighted by molar-refractivity contribution is -0.143. The van der Waals surface area contributed by atoms with Crippen LogP contribution in [0.5, 0.6) is 0 Å². The lowest BCUT2D eigenvalue weighted by Gasteiger charge is -2.19. The van der Waals surface area contributed by atoms with Crippen LogP contribution in [0.15, 0.2) is 11.4 Å².